The van der Waals surface area contributed by atoms with E-state index in [-0.39, 0.29) is 24.0 Å². The fourth-order valence-corrected chi connectivity index (χ4v) is 3.30. The van der Waals surface area contributed by atoms with Gasteiger partial charge in [-0.25, -0.2) is 0 Å². The van der Waals surface area contributed by atoms with Gasteiger partial charge >= 0.3 is 0 Å². The lowest BCUT2D eigenvalue weighted by Crippen LogP contribution is -2.42. The van der Waals surface area contributed by atoms with Gasteiger partial charge < -0.3 is 15.2 Å². The zero-order valence-electron chi connectivity index (χ0n) is 15.3. The molecule has 26 heavy (non-hydrogen) atoms. The number of aliphatic hydroxyl groups is 1. The van der Waals surface area contributed by atoms with Crippen LogP contribution in [-0.4, -0.2) is 45.1 Å². The zero-order valence-corrected chi connectivity index (χ0v) is 15.3. The molecule has 0 radical (unpaired) electrons. The molecule has 7 heteroatoms. The lowest BCUT2D eigenvalue weighted by atomic mass is 9.76. The van der Waals surface area contributed by atoms with E-state index >= 15 is 0 Å². The van der Waals surface area contributed by atoms with E-state index in [0.29, 0.717) is 38.3 Å². The quantitative estimate of drug-likeness (QED) is 0.703. The summed E-state index contributed by atoms with van der Waals surface area (Å²) in [7, 11) is 0. The van der Waals surface area contributed by atoms with E-state index < -0.39 is 0 Å². The Morgan fingerprint density at radius 3 is 2.92 bits per heavy atom. The molecule has 140 valence electrons. The topological polar surface area (TPSA) is 89.3 Å². The molecule has 0 unspecified atom stereocenters. The van der Waals surface area contributed by atoms with Gasteiger partial charge in [0.1, 0.15) is 5.69 Å². The van der Waals surface area contributed by atoms with Crippen LogP contribution in [0.3, 0.4) is 0 Å². The Morgan fingerprint density at radius 2 is 2.27 bits per heavy atom. The number of pyridine rings is 1. The molecule has 1 saturated carbocycles. The normalized spacial score (nSPS) is 20.4. The summed E-state index contributed by atoms with van der Waals surface area (Å²) in [6, 6.07) is 7.24. The van der Waals surface area contributed by atoms with Crippen LogP contribution in [0.4, 0.5) is 0 Å². The van der Waals surface area contributed by atoms with Gasteiger partial charge in [0, 0.05) is 12.8 Å². The predicted octanol–water partition coefficient (Wildman–Crippen LogP) is 1.87. The molecule has 1 aliphatic rings. The fourth-order valence-electron chi connectivity index (χ4n) is 3.30. The Bertz CT molecular complexity index is 726. The molecular formula is C19H26N4O3. The van der Waals surface area contributed by atoms with Crippen molar-refractivity contribution in [3.05, 3.63) is 47.5 Å². The Hall–Kier alpha value is -2.25. The second-order valence-electron chi connectivity index (χ2n) is 6.68. The van der Waals surface area contributed by atoms with E-state index in [1.54, 1.807) is 16.9 Å². The third-order valence-electron chi connectivity index (χ3n) is 4.70. The van der Waals surface area contributed by atoms with Gasteiger partial charge in [0.25, 0.3) is 5.91 Å². The van der Waals surface area contributed by atoms with E-state index in [1.807, 2.05) is 32.0 Å². The van der Waals surface area contributed by atoms with Gasteiger partial charge in [0.05, 0.1) is 36.7 Å². The summed E-state index contributed by atoms with van der Waals surface area (Å²) in [5.74, 6) is 0.00360. The average molecular weight is 358 g/mol. The van der Waals surface area contributed by atoms with Crippen LogP contribution in [0.1, 0.15) is 47.7 Å². The standard InChI is InChI=1S/C19H26N4O3/c1-3-26-9-8-23-17(10-13(2)22-23)19(25)21-18(14-11-15(24)12-14)16-6-4-5-7-20-16/h4-7,10,14-15,18,24H,3,8-9,11-12H2,1-2H3,(H,21,25)/t14?,15?,18-/m1/s1. The van der Waals surface area contributed by atoms with E-state index in [2.05, 4.69) is 15.4 Å². The van der Waals surface area contributed by atoms with Gasteiger partial charge in [0.15, 0.2) is 0 Å². The molecule has 1 fully saturated rings. The fraction of sp³-hybridized carbons (Fsp3) is 0.526. The van der Waals surface area contributed by atoms with Crippen LogP contribution in [0, 0.1) is 12.8 Å². The molecule has 7 nitrogen and oxygen atoms in total. The molecule has 0 spiro atoms. The van der Waals surface area contributed by atoms with Gasteiger partial charge in [0.2, 0.25) is 0 Å². The van der Waals surface area contributed by atoms with E-state index in [9.17, 15) is 9.90 Å². The van der Waals surface area contributed by atoms with Crippen LogP contribution in [0.25, 0.3) is 0 Å². The van der Waals surface area contributed by atoms with Gasteiger partial charge in [-0.15, -0.1) is 0 Å². The van der Waals surface area contributed by atoms with Gasteiger partial charge in [-0.05, 0) is 50.8 Å². The number of nitrogens with zero attached hydrogens (tertiary/aromatic N) is 3. The molecule has 2 aromatic heterocycles. The Balaban J connectivity index is 1.76. The van der Waals surface area contributed by atoms with Crippen LogP contribution >= 0.6 is 0 Å². The first-order valence-electron chi connectivity index (χ1n) is 9.10. The highest BCUT2D eigenvalue weighted by molar-refractivity contribution is 5.93. The van der Waals surface area contributed by atoms with Crippen molar-refractivity contribution in [3.63, 3.8) is 0 Å². The Morgan fingerprint density at radius 1 is 1.46 bits per heavy atom. The van der Waals surface area contributed by atoms with Crippen molar-refractivity contribution in [1.29, 1.82) is 0 Å². The molecule has 2 heterocycles. The molecule has 0 aliphatic heterocycles. The highest BCUT2D eigenvalue weighted by Gasteiger charge is 2.36. The zero-order chi connectivity index (χ0) is 18.5. The number of hydrogen-bond acceptors (Lipinski definition) is 5. The van der Waals surface area contributed by atoms with Crippen molar-refractivity contribution in [2.45, 2.75) is 45.4 Å². The van der Waals surface area contributed by atoms with Crippen LogP contribution in [-0.2, 0) is 11.3 Å². The van der Waals surface area contributed by atoms with Crippen molar-refractivity contribution in [1.82, 2.24) is 20.1 Å². The number of amides is 1. The molecule has 0 aromatic carbocycles. The van der Waals surface area contributed by atoms with E-state index in [1.165, 1.54) is 0 Å². The van der Waals surface area contributed by atoms with Crippen molar-refractivity contribution in [2.24, 2.45) is 5.92 Å². The summed E-state index contributed by atoms with van der Waals surface area (Å²) in [6.45, 7) is 5.48. The number of aromatic nitrogens is 3. The third-order valence-corrected chi connectivity index (χ3v) is 4.70. The average Bonchev–Trinajstić information content (AvgIpc) is 2.99. The van der Waals surface area contributed by atoms with Crippen LogP contribution in [0.15, 0.2) is 30.5 Å². The number of aliphatic hydroxyl groups excluding tert-OH is 1. The van der Waals surface area contributed by atoms with Crippen molar-refractivity contribution < 1.29 is 14.6 Å². The first-order chi connectivity index (χ1) is 12.6. The second-order valence-corrected chi connectivity index (χ2v) is 6.68. The maximum Gasteiger partial charge on any atom is 0.270 e. The monoisotopic (exact) mass is 358 g/mol. The summed E-state index contributed by atoms with van der Waals surface area (Å²) in [5, 5.41) is 17.2. The molecule has 2 aromatic rings. The molecule has 3 rings (SSSR count). The number of nitrogens with one attached hydrogen (secondary N) is 1. The number of ether oxygens (including phenoxy) is 1. The number of hydrogen-bond donors (Lipinski definition) is 2. The molecule has 0 saturated heterocycles. The molecule has 0 bridgehead atoms. The summed E-state index contributed by atoms with van der Waals surface area (Å²) in [5.41, 5.74) is 2.12. The largest absolute Gasteiger partial charge is 0.393 e. The number of rotatable bonds is 8. The highest BCUT2D eigenvalue weighted by Crippen LogP contribution is 2.37. The van der Waals surface area contributed by atoms with Crippen molar-refractivity contribution in [3.8, 4) is 0 Å². The molecule has 2 N–H and O–H groups in total. The van der Waals surface area contributed by atoms with Crippen LogP contribution < -0.4 is 5.32 Å². The van der Waals surface area contributed by atoms with Crippen molar-refractivity contribution >= 4 is 5.91 Å². The Labute approximate surface area is 153 Å². The molecule has 1 amide bonds. The summed E-state index contributed by atoms with van der Waals surface area (Å²) in [4.78, 5) is 17.3. The minimum atomic E-state index is -0.290. The van der Waals surface area contributed by atoms with Gasteiger partial charge in [-0.2, -0.15) is 5.10 Å². The minimum absolute atomic E-state index is 0.181. The second kappa shape index (κ2) is 8.42. The first kappa shape index (κ1) is 18.5. The number of carbonyl (C=O) groups is 1. The SMILES string of the molecule is CCOCCn1nc(C)cc1C(=O)N[C@@H](c1ccccn1)C1CC(O)C1. The Kier molecular flexibility index (Phi) is 6.00. The van der Waals surface area contributed by atoms with E-state index in [0.717, 1.165) is 11.4 Å². The predicted molar refractivity (Wildman–Crippen MR) is 96.6 cm³/mol. The lowest BCUT2D eigenvalue weighted by molar-refractivity contribution is 0.0227. The number of carbonyl (C=O) groups excluding carboxylic acids is 1. The lowest BCUT2D eigenvalue weighted by Gasteiger charge is -2.37. The summed E-state index contributed by atoms with van der Waals surface area (Å²) in [6.07, 6.45) is 2.77. The van der Waals surface area contributed by atoms with Crippen LogP contribution in [0.2, 0.25) is 0 Å². The van der Waals surface area contributed by atoms with E-state index in [4.69, 9.17) is 4.74 Å². The smallest absolute Gasteiger partial charge is 0.270 e. The van der Waals surface area contributed by atoms with Gasteiger partial charge in [-0.1, -0.05) is 6.07 Å². The number of aryl methyl sites for hydroxylation is 1. The highest BCUT2D eigenvalue weighted by atomic mass is 16.5. The first-order valence-corrected chi connectivity index (χ1v) is 9.10. The maximum absolute atomic E-state index is 12.9. The molecule has 1 atom stereocenters. The van der Waals surface area contributed by atoms with Crippen LogP contribution in [0.5, 0.6) is 0 Å². The van der Waals surface area contributed by atoms with Crippen molar-refractivity contribution in [2.75, 3.05) is 13.2 Å². The molecule has 1 aliphatic carbocycles. The maximum atomic E-state index is 12.9. The van der Waals surface area contributed by atoms with Gasteiger partial charge in [-0.3, -0.25) is 14.5 Å². The third kappa shape index (κ3) is 4.28. The summed E-state index contributed by atoms with van der Waals surface area (Å²) < 4.78 is 7.06. The molecular weight excluding hydrogens is 332 g/mol. The summed E-state index contributed by atoms with van der Waals surface area (Å²) >= 11 is 0. The minimum Gasteiger partial charge on any atom is -0.393 e.